The van der Waals surface area contributed by atoms with E-state index in [1.54, 1.807) is 0 Å². The zero-order valence-electron chi connectivity index (χ0n) is 7.51. The Morgan fingerprint density at radius 1 is 1.67 bits per heavy atom. The molecule has 0 aliphatic carbocycles. The third kappa shape index (κ3) is 1.39. The summed E-state index contributed by atoms with van der Waals surface area (Å²) in [4.78, 5) is 2.44. The third-order valence-electron chi connectivity index (χ3n) is 2.72. The summed E-state index contributed by atoms with van der Waals surface area (Å²) in [5.74, 6) is 0. The van der Waals surface area contributed by atoms with E-state index in [-0.39, 0.29) is 0 Å². The number of nitrogens with one attached hydrogen (secondary N) is 1. The molecule has 12 heavy (non-hydrogen) atoms. The Balaban J connectivity index is 2.07. The number of dihydropyridines is 1. The fourth-order valence-electron chi connectivity index (χ4n) is 2.03. The average Bonchev–Trinajstić information content (AvgIpc) is 2.53. The van der Waals surface area contributed by atoms with E-state index in [0.29, 0.717) is 6.04 Å². The van der Waals surface area contributed by atoms with Crippen molar-refractivity contribution in [2.45, 2.75) is 18.9 Å². The SMILES string of the molecule is CN1CCCC1C1=CC=[C]NC1. The largest absolute Gasteiger partial charge is 0.380 e. The summed E-state index contributed by atoms with van der Waals surface area (Å²) in [5, 5.41) is 3.13. The molecule has 0 aromatic heterocycles. The standard InChI is InChI=1S/C10H15N2/c1-12-7-3-5-10(12)9-4-2-6-11-8-9/h2,4,10-11H,3,5,7-8H2,1H3. The first-order valence-corrected chi connectivity index (χ1v) is 4.59. The normalized spacial score (nSPS) is 30.1. The van der Waals surface area contributed by atoms with Crippen LogP contribution in [-0.4, -0.2) is 31.1 Å². The quantitative estimate of drug-likeness (QED) is 0.618. The van der Waals surface area contributed by atoms with Gasteiger partial charge in [-0.15, -0.1) is 0 Å². The molecule has 65 valence electrons. The number of nitrogens with zero attached hydrogens (tertiary/aromatic N) is 1. The van der Waals surface area contributed by atoms with Crippen molar-refractivity contribution in [3.63, 3.8) is 0 Å². The first kappa shape index (κ1) is 7.87. The molecule has 0 aromatic carbocycles. The fraction of sp³-hybridized carbons (Fsp3) is 0.600. The number of hydrogen-bond acceptors (Lipinski definition) is 2. The van der Waals surface area contributed by atoms with E-state index in [1.165, 1.54) is 25.0 Å². The molecule has 2 rings (SSSR count). The minimum Gasteiger partial charge on any atom is -0.380 e. The summed E-state index contributed by atoms with van der Waals surface area (Å²) < 4.78 is 0. The molecule has 2 aliphatic heterocycles. The molecule has 1 saturated heterocycles. The van der Waals surface area contributed by atoms with E-state index >= 15 is 0 Å². The van der Waals surface area contributed by atoms with Gasteiger partial charge in [0.2, 0.25) is 0 Å². The van der Waals surface area contributed by atoms with E-state index in [4.69, 9.17) is 0 Å². The highest BCUT2D eigenvalue weighted by Gasteiger charge is 2.24. The van der Waals surface area contributed by atoms with Crippen LogP contribution in [-0.2, 0) is 0 Å². The average molecular weight is 163 g/mol. The monoisotopic (exact) mass is 163 g/mol. The lowest BCUT2D eigenvalue weighted by atomic mass is 10.0. The van der Waals surface area contributed by atoms with E-state index < -0.39 is 0 Å². The predicted molar refractivity (Wildman–Crippen MR) is 49.6 cm³/mol. The van der Waals surface area contributed by atoms with E-state index in [2.05, 4.69) is 29.5 Å². The van der Waals surface area contributed by atoms with Gasteiger partial charge in [-0.3, -0.25) is 4.90 Å². The van der Waals surface area contributed by atoms with E-state index in [9.17, 15) is 0 Å². The Hall–Kier alpha value is -0.760. The summed E-state index contributed by atoms with van der Waals surface area (Å²) in [5.41, 5.74) is 1.51. The maximum atomic E-state index is 3.13. The van der Waals surface area contributed by atoms with Crippen molar-refractivity contribution in [2.24, 2.45) is 0 Å². The fourth-order valence-corrected chi connectivity index (χ4v) is 2.03. The van der Waals surface area contributed by atoms with Gasteiger partial charge in [-0.1, -0.05) is 6.08 Å². The van der Waals surface area contributed by atoms with Gasteiger partial charge >= 0.3 is 0 Å². The number of likely N-dealkylation sites (tertiary alicyclic amines) is 1. The van der Waals surface area contributed by atoms with Crippen molar-refractivity contribution < 1.29 is 0 Å². The minimum atomic E-state index is 0.677. The van der Waals surface area contributed by atoms with Gasteiger partial charge in [-0.25, -0.2) is 0 Å². The predicted octanol–water partition coefficient (Wildman–Crippen LogP) is 0.927. The molecule has 1 fully saturated rings. The molecule has 2 heteroatoms. The van der Waals surface area contributed by atoms with Gasteiger partial charge in [0, 0.05) is 12.6 Å². The molecule has 1 unspecified atom stereocenters. The van der Waals surface area contributed by atoms with Crippen LogP contribution in [0.2, 0.25) is 0 Å². The zero-order chi connectivity index (χ0) is 8.39. The highest BCUT2D eigenvalue weighted by molar-refractivity contribution is 5.22. The van der Waals surface area contributed by atoms with Crippen molar-refractivity contribution in [2.75, 3.05) is 20.1 Å². The number of allylic oxidation sites excluding steroid dienone is 2. The third-order valence-corrected chi connectivity index (χ3v) is 2.72. The molecule has 0 saturated carbocycles. The molecule has 0 aromatic rings. The molecule has 1 N–H and O–H groups in total. The maximum absolute atomic E-state index is 3.13. The van der Waals surface area contributed by atoms with Crippen molar-refractivity contribution >= 4 is 0 Å². The lowest BCUT2D eigenvalue weighted by Gasteiger charge is -2.23. The number of hydrogen-bond donors (Lipinski definition) is 1. The van der Waals surface area contributed by atoms with E-state index in [1.807, 2.05) is 6.08 Å². The molecule has 1 radical (unpaired) electrons. The van der Waals surface area contributed by atoms with Gasteiger partial charge in [0.25, 0.3) is 0 Å². The zero-order valence-corrected chi connectivity index (χ0v) is 7.51. The Morgan fingerprint density at radius 2 is 2.58 bits per heavy atom. The van der Waals surface area contributed by atoms with Crippen LogP contribution in [0.25, 0.3) is 0 Å². The second kappa shape index (κ2) is 3.31. The highest BCUT2D eigenvalue weighted by Crippen LogP contribution is 2.22. The lowest BCUT2D eigenvalue weighted by Crippen LogP contribution is -2.31. The van der Waals surface area contributed by atoms with Crippen LogP contribution < -0.4 is 5.32 Å². The van der Waals surface area contributed by atoms with Gasteiger partial charge in [0.05, 0.1) is 6.20 Å². The molecular formula is C10H15N2. The summed E-state index contributed by atoms with van der Waals surface area (Å²) in [6, 6.07) is 0.677. The van der Waals surface area contributed by atoms with Gasteiger partial charge in [0.15, 0.2) is 0 Å². The molecular weight excluding hydrogens is 148 g/mol. The summed E-state index contributed by atoms with van der Waals surface area (Å²) in [7, 11) is 2.21. The van der Waals surface area contributed by atoms with Crippen LogP contribution in [0, 0.1) is 6.20 Å². The lowest BCUT2D eigenvalue weighted by molar-refractivity contribution is 0.340. The van der Waals surface area contributed by atoms with Crippen LogP contribution in [0.4, 0.5) is 0 Å². The van der Waals surface area contributed by atoms with Gasteiger partial charge in [0.1, 0.15) is 0 Å². The maximum Gasteiger partial charge on any atom is 0.0578 e. The Morgan fingerprint density at radius 3 is 3.17 bits per heavy atom. The molecule has 0 spiro atoms. The number of likely N-dealkylation sites (N-methyl/N-ethyl adjacent to an activating group) is 1. The smallest absolute Gasteiger partial charge is 0.0578 e. The van der Waals surface area contributed by atoms with Crippen LogP contribution in [0.3, 0.4) is 0 Å². The summed E-state index contributed by atoms with van der Waals surface area (Å²) in [6.45, 7) is 2.22. The van der Waals surface area contributed by atoms with E-state index in [0.717, 1.165) is 6.54 Å². The Kier molecular flexibility index (Phi) is 2.17. The number of rotatable bonds is 1. The van der Waals surface area contributed by atoms with Crippen LogP contribution in [0.5, 0.6) is 0 Å². The van der Waals surface area contributed by atoms with Gasteiger partial charge < -0.3 is 5.32 Å². The second-order valence-corrected chi connectivity index (χ2v) is 3.54. The highest BCUT2D eigenvalue weighted by atomic mass is 15.1. The Bertz CT molecular complexity index is 218. The molecule has 2 aliphatic rings. The molecule has 2 heterocycles. The first-order chi connectivity index (χ1) is 5.88. The first-order valence-electron chi connectivity index (χ1n) is 4.59. The molecule has 1 atom stereocenters. The second-order valence-electron chi connectivity index (χ2n) is 3.54. The van der Waals surface area contributed by atoms with Crippen molar-refractivity contribution in [3.8, 4) is 0 Å². The van der Waals surface area contributed by atoms with Crippen molar-refractivity contribution in [1.29, 1.82) is 0 Å². The summed E-state index contributed by atoms with van der Waals surface area (Å²) in [6.07, 6.45) is 9.81. The minimum absolute atomic E-state index is 0.677. The van der Waals surface area contributed by atoms with Crippen LogP contribution in [0.1, 0.15) is 12.8 Å². The van der Waals surface area contributed by atoms with Gasteiger partial charge in [-0.2, -0.15) is 0 Å². The molecule has 2 nitrogen and oxygen atoms in total. The van der Waals surface area contributed by atoms with Crippen molar-refractivity contribution in [3.05, 3.63) is 23.9 Å². The van der Waals surface area contributed by atoms with Gasteiger partial charge in [-0.05, 0) is 38.1 Å². The van der Waals surface area contributed by atoms with Crippen LogP contribution in [0.15, 0.2) is 17.7 Å². The summed E-state index contributed by atoms with van der Waals surface area (Å²) >= 11 is 0. The molecule has 0 bridgehead atoms. The Labute approximate surface area is 73.9 Å². The van der Waals surface area contributed by atoms with Crippen molar-refractivity contribution in [1.82, 2.24) is 10.2 Å². The molecule has 0 amide bonds. The topological polar surface area (TPSA) is 15.3 Å². The van der Waals surface area contributed by atoms with Crippen LogP contribution >= 0.6 is 0 Å².